The summed E-state index contributed by atoms with van der Waals surface area (Å²) < 4.78 is 18.4. The smallest absolute Gasteiger partial charge is 0.161 e. The molecule has 0 spiro atoms. The molecule has 1 aromatic carbocycles. The second-order valence-corrected chi connectivity index (χ2v) is 7.06. The van der Waals surface area contributed by atoms with Crippen molar-refractivity contribution in [2.75, 3.05) is 32.1 Å². The number of anilines is 1. The minimum absolute atomic E-state index is 0.209. The van der Waals surface area contributed by atoms with Gasteiger partial charge in [-0.1, -0.05) is 12.1 Å². The van der Waals surface area contributed by atoms with Gasteiger partial charge < -0.3 is 10.1 Å². The molecule has 0 atom stereocenters. The van der Waals surface area contributed by atoms with E-state index in [9.17, 15) is 4.39 Å². The Hall–Kier alpha value is -2.90. The van der Waals surface area contributed by atoms with Crippen LogP contribution in [0.25, 0.3) is 11.4 Å². The number of pyridine rings is 1. The molecule has 4 rings (SSSR count). The van der Waals surface area contributed by atoms with Crippen LogP contribution in [0.4, 0.5) is 10.2 Å². The van der Waals surface area contributed by atoms with Crippen LogP contribution in [0, 0.1) is 5.82 Å². The highest BCUT2D eigenvalue weighted by Crippen LogP contribution is 2.28. The molecule has 2 aromatic heterocycles. The zero-order valence-electron chi connectivity index (χ0n) is 16.4. The van der Waals surface area contributed by atoms with Crippen molar-refractivity contribution in [1.29, 1.82) is 0 Å². The number of aromatic nitrogens is 3. The number of benzene rings is 1. The van der Waals surface area contributed by atoms with Crippen LogP contribution in [-0.2, 0) is 24.2 Å². The summed E-state index contributed by atoms with van der Waals surface area (Å²) in [5.41, 5.74) is 4.23. The lowest BCUT2D eigenvalue weighted by Crippen LogP contribution is -2.32. The predicted octanol–water partition coefficient (Wildman–Crippen LogP) is 3.29. The molecule has 0 amide bonds. The molecule has 0 aliphatic carbocycles. The van der Waals surface area contributed by atoms with E-state index in [1.165, 1.54) is 12.1 Å². The standard InChI is InChI=1S/C22H24FN5O/c1-29-13-11-25-22-19-15-28(14-16-2-4-18(23)5-3-16)12-8-20(19)26-21(27-22)17-6-9-24-10-7-17/h2-7,9-10H,8,11-15H2,1H3,(H,25,26,27). The molecule has 0 fully saturated rings. The number of nitrogens with zero attached hydrogens (tertiary/aromatic N) is 4. The second-order valence-electron chi connectivity index (χ2n) is 7.06. The maximum Gasteiger partial charge on any atom is 0.161 e. The van der Waals surface area contributed by atoms with Crippen LogP contribution in [0.2, 0.25) is 0 Å². The molecule has 1 aliphatic heterocycles. The number of hydrogen-bond acceptors (Lipinski definition) is 6. The van der Waals surface area contributed by atoms with Crippen LogP contribution in [-0.4, -0.2) is 46.7 Å². The van der Waals surface area contributed by atoms with Gasteiger partial charge in [0.25, 0.3) is 0 Å². The van der Waals surface area contributed by atoms with Gasteiger partial charge in [-0.3, -0.25) is 9.88 Å². The number of ether oxygens (including phenoxy) is 1. The fourth-order valence-corrected chi connectivity index (χ4v) is 3.50. The first-order valence-electron chi connectivity index (χ1n) is 9.73. The summed E-state index contributed by atoms with van der Waals surface area (Å²) >= 11 is 0. The Balaban J connectivity index is 1.60. The van der Waals surface area contributed by atoms with Crippen LogP contribution in [0.3, 0.4) is 0 Å². The van der Waals surface area contributed by atoms with Crippen molar-refractivity contribution in [3.05, 3.63) is 71.4 Å². The van der Waals surface area contributed by atoms with Gasteiger partial charge >= 0.3 is 0 Å². The van der Waals surface area contributed by atoms with Gasteiger partial charge in [-0.25, -0.2) is 14.4 Å². The molecule has 1 aliphatic rings. The molecule has 0 saturated heterocycles. The number of halogens is 1. The Morgan fingerprint density at radius 3 is 2.66 bits per heavy atom. The summed E-state index contributed by atoms with van der Waals surface area (Å²) in [7, 11) is 1.68. The van der Waals surface area contributed by atoms with Crippen molar-refractivity contribution < 1.29 is 9.13 Å². The lowest BCUT2D eigenvalue weighted by atomic mass is 10.0. The number of methoxy groups -OCH3 is 1. The summed E-state index contributed by atoms with van der Waals surface area (Å²) in [6, 6.07) is 10.5. The van der Waals surface area contributed by atoms with Gasteiger partial charge in [-0.15, -0.1) is 0 Å². The number of hydrogen-bond donors (Lipinski definition) is 1. The molecule has 3 aromatic rings. The van der Waals surface area contributed by atoms with Crippen LogP contribution < -0.4 is 5.32 Å². The zero-order chi connectivity index (χ0) is 20.1. The van der Waals surface area contributed by atoms with Crippen LogP contribution in [0.1, 0.15) is 16.8 Å². The first kappa shape index (κ1) is 19.4. The van der Waals surface area contributed by atoms with Gasteiger partial charge in [0.15, 0.2) is 5.82 Å². The van der Waals surface area contributed by atoms with E-state index in [0.717, 1.165) is 54.3 Å². The molecule has 3 heterocycles. The first-order chi connectivity index (χ1) is 14.2. The monoisotopic (exact) mass is 393 g/mol. The number of nitrogens with one attached hydrogen (secondary N) is 1. The second kappa shape index (κ2) is 9.07. The molecule has 0 saturated carbocycles. The summed E-state index contributed by atoms with van der Waals surface area (Å²) in [5.74, 6) is 1.35. The minimum atomic E-state index is -0.209. The third-order valence-electron chi connectivity index (χ3n) is 5.00. The highest BCUT2D eigenvalue weighted by molar-refractivity contribution is 5.59. The van der Waals surface area contributed by atoms with E-state index in [1.807, 2.05) is 24.3 Å². The van der Waals surface area contributed by atoms with Gasteiger partial charge in [0.2, 0.25) is 0 Å². The first-order valence-corrected chi connectivity index (χ1v) is 9.73. The highest BCUT2D eigenvalue weighted by atomic mass is 19.1. The summed E-state index contributed by atoms with van der Waals surface area (Å²) in [6.45, 7) is 3.69. The normalized spacial score (nSPS) is 13.9. The average molecular weight is 393 g/mol. The third kappa shape index (κ3) is 4.75. The van der Waals surface area contributed by atoms with Gasteiger partial charge in [0.1, 0.15) is 11.6 Å². The Labute approximate surface area is 169 Å². The average Bonchev–Trinajstić information content (AvgIpc) is 2.76. The quantitative estimate of drug-likeness (QED) is 0.622. The molecule has 6 nitrogen and oxygen atoms in total. The Kier molecular flexibility index (Phi) is 6.07. The van der Waals surface area contributed by atoms with Crippen molar-refractivity contribution >= 4 is 5.82 Å². The molecule has 0 radical (unpaired) electrons. The number of rotatable bonds is 7. The van der Waals surface area contributed by atoms with E-state index >= 15 is 0 Å². The van der Waals surface area contributed by atoms with Gasteiger partial charge in [-0.05, 0) is 29.8 Å². The van der Waals surface area contributed by atoms with Crippen LogP contribution in [0.5, 0.6) is 0 Å². The van der Waals surface area contributed by atoms with Gasteiger partial charge in [0, 0.05) is 63.2 Å². The van der Waals surface area contributed by atoms with E-state index in [4.69, 9.17) is 14.7 Å². The molecular weight excluding hydrogens is 369 g/mol. The van der Waals surface area contributed by atoms with Crippen molar-refractivity contribution in [2.24, 2.45) is 0 Å². The Morgan fingerprint density at radius 1 is 1.10 bits per heavy atom. The van der Waals surface area contributed by atoms with E-state index in [1.54, 1.807) is 19.5 Å². The van der Waals surface area contributed by atoms with Crippen molar-refractivity contribution in [2.45, 2.75) is 19.5 Å². The van der Waals surface area contributed by atoms with E-state index in [-0.39, 0.29) is 5.82 Å². The van der Waals surface area contributed by atoms with Crippen LogP contribution >= 0.6 is 0 Å². The molecule has 0 unspecified atom stereocenters. The van der Waals surface area contributed by atoms with Gasteiger partial charge in [0.05, 0.1) is 12.3 Å². The summed E-state index contributed by atoms with van der Waals surface area (Å²) in [6.07, 6.45) is 4.34. The zero-order valence-corrected chi connectivity index (χ0v) is 16.4. The third-order valence-corrected chi connectivity index (χ3v) is 5.00. The maximum atomic E-state index is 13.2. The van der Waals surface area contributed by atoms with Crippen LogP contribution in [0.15, 0.2) is 48.8 Å². The van der Waals surface area contributed by atoms with Gasteiger partial charge in [-0.2, -0.15) is 0 Å². The lowest BCUT2D eigenvalue weighted by Gasteiger charge is -2.29. The molecule has 0 bridgehead atoms. The van der Waals surface area contributed by atoms with Crippen molar-refractivity contribution in [3.63, 3.8) is 0 Å². The SMILES string of the molecule is COCCNc1nc(-c2ccncc2)nc2c1CN(Cc1ccc(F)cc1)CC2. The summed E-state index contributed by atoms with van der Waals surface area (Å²) in [4.78, 5) is 16.1. The van der Waals surface area contributed by atoms with E-state index in [0.29, 0.717) is 19.0 Å². The Morgan fingerprint density at radius 2 is 1.90 bits per heavy atom. The van der Waals surface area contributed by atoms with Crippen molar-refractivity contribution in [1.82, 2.24) is 19.9 Å². The maximum absolute atomic E-state index is 13.2. The molecule has 150 valence electrons. The molecule has 29 heavy (non-hydrogen) atoms. The van der Waals surface area contributed by atoms with E-state index < -0.39 is 0 Å². The minimum Gasteiger partial charge on any atom is -0.383 e. The lowest BCUT2D eigenvalue weighted by molar-refractivity contribution is 0.210. The fraction of sp³-hybridized carbons (Fsp3) is 0.318. The fourth-order valence-electron chi connectivity index (χ4n) is 3.50. The largest absolute Gasteiger partial charge is 0.383 e. The topological polar surface area (TPSA) is 63.2 Å². The van der Waals surface area contributed by atoms with Crippen molar-refractivity contribution in [3.8, 4) is 11.4 Å². The molecule has 7 heteroatoms. The highest BCUT2D eigenvalue weighted by Gasteiger charge is 2.23. The predicted molar refractivity (Wildman–Crippen MR) is 110 cm³/mol. The van der Waals surface area contributed by atoms with E-state index in [2.05, 4.69) is 15.2 Å². The molecule has 1 N–H and O–H groups in total. The Bertz CT molecular complexity index is 949. The molecular formula is C22H24FN5O. The number of fused-ring (bicyclic) bond motifs is 1. The summed E-state index contributed by atoms with van der Waals surface area (Å²) in [5, 5.41) is 3.41.